The number of hydrogen-bond acceptors (Lipinski definition) is 4. The van der Waals surface area contributed by atoms with Gasteiger partial charge in [-0.1, -0.05) is 0 Å². The zero-order valence-electron chi connectivity index (χ0n) is 11.7. The van der Waals surface area contributed by atoms with E-state index in [1.807, 2.05) is 14.1 Å². The summed E-state index contributed by atoms with van der Waals surface area (Å²) < 4.78 is 28.0. The van der Waals surface area contributed by atoms with Gasteiger partial charge < -0.3 is 10.6 Å². The Morgan fingerprint density at radius 3 is 2.55 bits per heavy atom. The van der Waals surface area contributed by atoms with Gasteiger partial charge in [-0.15, -0.1) is 0 Å². The average Bonchev–Trinajstić information content (AvgIpc) is 2.30. The topological polar surface area (TPSA) is 75.4 Å². The maximum Gasteiger partial charge on any atom is 0.241 e. The third-order valence-electron chi connectivity index (χ3n) is 4.07. The van der Waals surface area contributed by atoms with Gasteiger partial charge in [0.05, 0.1) is 4.90 Å². The Morgan fingerprint density at radius 1 is 1.40 bits per heavy atom. The van der Waals surface area contributed by atoms with Crippen LogP contribution in [0.3, 0.4) is 0 Å². The van der Waals surface area contributed by atoms with Gasteiger partial charge in [0.2, 0.25) is 10.0 Å². The van der Waals surface area contributed by atoms with E-state index in [1.54, 1.807) is 12.1 Å². The average molecular weight is 362 g/mol. The van der Waals surface area contributed by atoms with Gasteiger partial charge >= 0.3 is 0 Å². The first-order valence-corrected chi connectivity index (χ1v) is 8.77. The van der Waals surface area contributed by atoms with E-state index in [-0.39, 0.29) is 10.4 Å². The summed E-state index contributed by atoms with van der Waals surface area (Å²) in [6, 6.07) is 4.78. The van der Waals surface area contributed by atoms with E-state index >= 15 is 0 Å². The molecule has 0 radical (unpaired) electrons. The van der Waals surface area contributed by atoms with E-state index < -0.39 is 10.0 Å². The molecule has 0 amide bonds. The van der Waals surface area contributed by atoms with Crippen molar-refractivity contribution in [3.05, 3.63) is 22.7 Å². The molecule has 1 aliphatic rings. The number of sulfonamides is 1. The lowest BCUT2D eigenvalue weighted by molar-refractivity contribution is 0.0657. The zero-order chi connectivity index (χ0) is 15.0. The Hall–Kier alpha value is -0.630. The highest BCUT2D eigenvalue weighted by Gasteiger charge is 2.40. The molecular weight excluding hydrogens is 342 g/mol. The first-order chi connectivity index (χ1) is 9.27. The van der Waals surface area contributed by atoms with Crippen LogP contribution in [0.1, 0.15) is 19.3 Å². The first kappa shape index (κ1) is 15.8. The van der Waals surface area contributed by atoms with E-state index in [4.69, 9.17) is 5.73 Å². The van der Waals surface area contributed by atoms with Crippen molar-refractivity contribution in [2.24, 2.45) is 0 Å². The number of halogens is 1. The van der Waals surface area contributed by atoms with E-state index in [9.17, 15) is 8.42 Å². The van der Waals surface area contributed by atoms with Gasteiger partial charge in [-0.25, -0.2) is 13.1 Å². The summed E-state index contributed by atoms with van der Waals surface area (Å²) in [4.78, 5) is 2.29. The van der Waals surface area contributed by atoms with Gasteiger partial charge in [-0.3, -0.25) is 0 Å². The molecule has 0 spiro atoms. The number of benzene rings is 1. The van der Waals surface area contributed by atoms with Crippen LogP contribution in [0.2, 0.25) is 0 Å². The number of nitrogen functional groups attached to an aromatic ring is 1. The van der Waals surface area contributed by atoms with Crippen LogP contribution in [0.25, 0.3) is 0 Å². The Kier molecular flexibility index (Phi) is 4.44. The number of hydrogen-bond donors (Lipinski definition) is 2. The summed E-state index contributed by atoms with van der Waals surface area (Å²) in [5, 5.41) is 0. The second-order valence-corrected chi connectivity index (χ2v) is 8.08. The van der Waals surface area contributed by atoms with Crippen LogP contribution in [0, 0.1) is 0 Å². The van der Waals surface area contributed by atoms with Crippen LogP contribution in [-0.2, 0) is 10.0 Å². The molecule has 0 aromatic heterocycles. The molecular formula is C13H20BrN3O2S. The summed E-state index contributed by atoms with van der Waals surface area (Å²) in [6.45, 7) is 0.420. The number of likely N-dealkylation sites (N-methyl/N-ethyl adjacent to an activating group) is 1. The van der Waals surface area contributed by atoms with E-state index in [0.717, 1.165) is 19.3 Å². The van der Waals surface area contributed by atoms with Gasteiger partial charge in [-0.05, 0) is 67.5 Å². The van der Waals surface area contributed by atoms with Crippen molar-refractivity contribution >= 4 is 31.6 Å². The lowest BCUT2D eigenvalue weighted by Gasteiger charge is -2.47. The highest BCUT2D eigenvalue weighted by atomic mass is 79.9. The molecule has 0 unspecified atom stereocenters. The monoisotopic (exact) mass is 361 g/mol. The molecule has 1 aromatic rings. The smallest absolute Gasteiger partial charge is 0.241 e. The fourth-order valence-corrected chi connectivity index (χ4v) is 4.52. The normalized spacial score (nSPS) is 18.0. The summed E-state index contributed by atoms with van der Waals surface area (Å²) in [7, 11) is 0.420. The van der Waals surface area contributed by atoms with Crippen LogP contribution in [0.5, 0.6) is 0 Å². The maximum atomic E-state index is 12.4. The Morgan fingerprint density at radius 2 is 2.05 bits per heavy atom. The maximum absolute atomic E-state index is 12.4. The molecule has 2 rings (SSSR count). The fourth-order valence-electron chi connectivity index (χ4n) is 2.40. The molecule has 0 bridgehead atoms. The summed E-state index contributed by atoms with van der Waals surface area (Å²) in [5.41, 5.74) is 6.04. The third-order valence-corrected chi connectivity index (χ3v) is 6.46. The number of nitrogens with two attached hydrogens (primary N) is 1. The van der Waals surface area contributed by atoms with Gasteiger partial charge in [0.15, 0.2) is 0 Å². The van der Waals surface area contributed by atoms with Crippen molar-refractivity contribution < 1.29 is 8.42 Å². The fraction of sp³-hybridized carbons (Fsp3) is 0.538. The molecule has 1 aromatic carbocycles. The lowest BCUT2D eigenvalue weighted by atomic mass is 9.76. The van der Waals surface area contributed by atoms with Crippen molar-refractivity contribution in [3.8, 4) is 0 Å². The number of nitrogens with one attached hydrogen (secondary N) is 1. The molecule has 3 N–H and O–H groups in total. The largest absolute Gasteiger partial charge is 0.399 e. The minimum absolute atomic E-state index is 0.0557. The van der Waals surface area contributed by atoms with Crippen molar-refractivity contribution in [2.45, 2.75) is 29.7 Å². The summed E-state index contributed by atoms with van der Waals surface area (Å²) in [5.74, 6) is 0. The quantitative estimate of drug-likeness (QED) is 0.784. The molecule has 0 heterocycles. The molecule has 5 nitrogen and oxygen atoms in total. The summed E-state index contributed by atoms with van der Waals surface area (Å²) in [6.07, 6.45) is 3.17. The second-order valence-electron chi connectivity index (χ2n) is 5.49. The molecule has 1 fully saturated rings. The minimum Gasteiger partial charge on any atom is -0.399 e. The van der Waals surface area contributed by atoms with Crippen molar-refractivity contribution in [1.82, 2.24) is 9.62 Å². The standard InChI is InChI=1S/C13H20BrN3O2S/c1-17(2)13(6-3-7-13)9-16-20(18,19)12-8-10(15)4-5-11(12)14/h4-5,8,16H,3,6-7,9,15H2,1-2H3. The zero-order valence-corrected chi connectivity index (χ0v) is 14.1. The molecule has 1 aliphatic carbocycles. The van der Waals surface area contributed by atoms with E-state index in [0.29, 0.717) is 16.7 Å². The lowest BCUT2D eigenvalue weighted by Crippen LogP contribution is -2.57. The van der Waals surface area contributed by atoms with Gasteiger partial charge in [-0.2, -0.15) is 0 Å². The third kappa shape index (κ3) is 3.00. The van der Waals surface area contributed by atoms with Crippen molar-refractivity contribution in [1.29, 1.82) is 0 Å². The molecule has 112 valence electrons. The first-order valence-electron chi connectivity index (χ1n) is 6.49. The molecule has 1 saturated carbocycles. The molecule has 20 heavy (non-hydrogen) atoms. The highest BCUT2D eigenvalue weighted by Crippen LogP contribution is 2.36. The number of nitrogens with zero attached hydrogens (tertiary/aromatic N) is 1. The molecule has 0 atom stereocenters. The van der Waals surface area contributed by atoms with Crippen molar-refractivity contribution in [3.63, 3.8) is 0 Å². The number of anilines is 1. The minimum atomic E-state index is -3.56. The summed E-state index contributed by atoms with van der Waals surface area (Å²) >= 11 is 3.26. The van der Waals surface area contributed by atoms with Crippen LogP contribution < -0.4 is 10.5 Å². The highest BCUT2D eigenvalue weighted by molar-refractivity contribution is 9.10. The van der Waals surface area contributed by atoms with Crippen LogP contribution in [-0.4, -0.2) is 39.5 Å². The predicted octanol–water partition coefficient (Wildman–Crippen LogP) is 1.79. The van der Waals surface area contributed by atoms with Crippen LogP contribution in [0.4, 0.5) is 5.69 Å². The van der Waals surface area contributed by atoms with Gasteiger partial charge in [0.1, 0.15) is 0 Å². The Balaban J connectivity index is 2.17. The van der Waals surface area contributed by atoms with E-state index in [1.165, 1.54) is 6.07 Å². The molecule has 0 saturated heterocycles. The van der Waals surface area contributed by atoms with Crippen molar-refractivity contribution in [2.75, 3.05) is 26.4 Å². The van der Waals surface area contributed by atoms with Crippen LogP contribution >= 0.6 is 15.9 Å². The van der Waals surface area contributed by atoms with Gasteiger partial charge in [0, 0.05) is 22.2 Å². The second kappa shape index (κ2) is 5.63. The Bertz CT molecular complexity index is 598. The number of rotatable bonds is 5. The van der Waals surface area contributed by atoms with E-state index in [2.05, 4.69) is 25.6 Å². The predicted molar refractivity (Wildman–Crippen MR) is 84.0 cm³/mol. The SMILES string of the molecule is CN(C)C1(CNS(=O)(=O)c2cc(N)ccc2Br)CCC1. The van der Waals surface area contributed by atoms with Gasteiger partial charge in [0.25, 0.3) is 0 Å². The van der Waals surface area contributed by atoms with Crippen LogP contribution in [0.15, 0.2) is 27.6 Å². The molecule has 7 heteroatoms. The molecule has 0 aliphatic heterocycles. The Labute approximate surface area is 128 Å².